The van der Waals surface area contributed by atoms with Gasteiger partial charge in [-0.05, 0) is 35.7 Å². The third-order valence-electron chi connectivity index (χ3n) is 10.3. The van der Waals surface area contributed by atoms with Crippen molar-refractivity contribution in [2.24, 2.45) is 0 Å². The van der Waals surface area contributed by atoms with Crippen LogP contribution in [0.2, 0.25) is 0 Å². The number of hydrogen-bond acceptors (Lipinski definition) is 3. The number of hydrogen-bond donors (Lipinski definition) is 0. The van der Waals surface area contributed by atoms with Gasteiger partial charge in [0.15, 0.2) is 5.82 Å². The van der Waals surface area contributed by atoms with Crippen LogP contribution in [-0.4, -0.2) is 23.9 Å². The normalized spacial score (nSPS) is 11.8. The van der Waals surface area contributed by atoms with E-state index in [-0.39, 0.29) is 0 Å². The maximum Gasteiger partial charge on any atom is 0.165 e. The lowest BCUT2D eigenvalue weighted by atomic mass is 9.98. The summed E-state index contributed by atoms with van der Waals surface area (Å²) in [6, 6.07) is 61.6. The number of nitrogens with zero attached hydrogens (tertiary/aromatic N) is 5. The molecule has 0 unspecified atom stereocenters. The largest absolute Gasteiger partial charge is 0.292 e. The molecule has 0 N–H and O–H groups in total. The Morgan fingerprint density at radius 1 is 0.346 bits per heavy atom. The Bertz CT molecular complexity index is 3160. The van der Waals surface area contributed by atoms with Crippen LogP contribution in [0.5, 0.6) is 0 Å². The van der Waals surface area contributed by atoms with Crippen molar-refractivity contribution in [2.45, 2.75) is 0 Å². The minimum Gasteiger partial charge on any atom is -0.292 e. The summed E-state index contributed by atoms with van der Waals surface area (Å²) in [6.07, 6.45) is 0. The third kappa shape index (κ3) is 4.14. The minimum absolute atomic E-state index is 0.805. The van der Waals surface area contributed by atoms with E-state index in [1.54, 1.807) is 0 Å². The average Bonchev–Trinajstić information content (AvgIpc) is 3.79. The van der Waals surface area contributed by atoms with E-state index in [9.17, 15) is 0 Å². The number of fused-ring (bicyclic) bond motifs is 11. The van der Waals surface area contributed by atoms with Crippen molar-refractivity contribution in [3.8, 4) is 39.7 Å². The fraction of sp³-hybridized carbons (Fsp3) is 0. The molecule has 0 amide bonds. The second-order valence-corrected chi connectivity index (χ2v) is 13.2. The molecule has 11 aromatic rings. The topological polar surface area (TPSA) is 48.0 Å². The van der Waals surface area contributed by atoms with Gasteiger partial charge in [0.25, 0.3) is 0 Å². The molecule has 0 atom stereocenters. The maximum absolute atomic E-state index is 5.44. The van der Waals surface area contributed by atoms with Gasteiger partial charge in [0.05, 0.1) is 38.8 Å². The highest BCUT2D eigenvalue weighted by Crippen LogP contribution is 2.44. The monoisotopic (exact) mass is 663 g/mol. The van der Waals surface area contributed by atoms with Crippen molar-refractivity contribution in [1.29, 1.82) is 0 Å². The molecular weight excluding hydrogens is 635 g/mol. The molecule has 5 heteroatoms. The summed E-state index contributed by atoms with van der Waals surface area (Å²) < 4.78 is 4.69. The zero-order chi connectivity index (χ0) is 34.2. The molecule has 0 aliphatic carbocycles. The van der Waals surface area contributed by atoms with Gasteiger partial charge in [-0.2, -0.15) is 0 Å². The van der Waals surface area contributed by atoms with Crippen LogP contribution < -0.4 is 0 Å². The lowest BCUT2D eigenvalue weighted by molar-refractivity contribution is 1.08. The number of pyridine rings is 1. The second kappa shape index (κ2) is 11.2. The molecule has 4 heterocycles. The van der Waals surface area contributed by atoms with Gasteiger partial charge in [0.2, 0.25) is 0 Å². The third-order valence-corrected chi connectivity index (χ3v) is 10.3. The summed E-state index contributed by atoms with van der Waals surface area (Å²) in [4.78, 5) is 16.1. The Balaban J connectivity index is 1.35. The van der Waals surface area contributed by atoms with E-state index in [1.807, 2.05) is 30.3 Å². The first-order valence-corrected chi connectivity index (χ1v) is 17.6. The molecule has 11 rings (SSSR count). The van der Waals surface area contributed by atoms with E-state index < -0.39 is 0 Å². The zero-order valence-corrected chi connectivity index (χ0v) is 28.0. The number of para-hydroxylation sites is 3. The summed E-state index contributed by atoms with van der Waals surface area (Å²) in [5, 5.41) is 5.85. The Morgan fingerprint density at radius 2 is 0.865 bits per heavy atom. The highest BCUT2D eigenvalue weighted by atomic mass is 15.1. The van der Waals surface area contributed by atoms with E-state index in [4.69, 9.17) is 15.0 Å². The smallest absolute Gasteiger partial charge is 0.165 e. The Morgan fingerprint density at radius 3 is 1.58 bits per heavy atom. The van der Waals surface area contributed by atoms with Crippen LogP contribution in [0.3, 0.4) is 0 Å². The fourth-order valence-corrected chi connectivity index (χ4v) is 8.06. The maximum atomic E-state index is 5.44. The summed E-state index contributed by atoms with van der Waals surface area (Å²) >= 11 is 0. The van der Waals surface area contributed by atoms with Crippen LogP contribution in [0, 0.1) is 0 Å². The molecular formula is C47H29N5. The molecule has 0 spiro atoms. The molecule has 0 bridgehead atoms. The highest BCUT2D eigenvalue weighted by molar-refractivity contribution is 6.30. The molecule has 242 valence electrons. The summed E-state index contributed by atoms with van der Waals surface area (Å²) in [5.74, 6) is 1.72. The van der Waals surface area contributed by atoms with Crippen molar-refractivity contribution in [2.75, 3.05) is 0 Å². The van der Waals surface area contributed by atoms with Crippen LogP contribution in [0.4, 0.5) is 0 Å². The van der Waals surface area contributed by atoms with E-state index in [0.29, 0.717) is 0 Å². The molecule has 0 saturated heterocycles. The van der Waals surface area contributed by atoms with Crippen molar-refractivity contribution < 1.29 is 0 Å². The molecule has 4 aromatic heterocycles. The highest BCUT2D eigenvalue weighted by Gasteiger charge is 2.25. The molecule has 0 radical (unpaired) electrons. The van der Waals surface area contributed by atoms with Gasteiger partial charge in [-0.15, -0.1) is 0 Å². The molecule has 0 aliphatic rings. The zero-order valence-electron chi connectivity index (χ0n) is 28.0. The van der Waals surface area contributed by atoms with Gasteiger partial charge in [-0.25, -0.2) is 15.0 Å². The van der Waals surface area contributed by atoms with Crippen LogP contribution in [0.1, 0.15) is 0 Å². The van der Waals surface area contributed by atoms with Gasteiger partial charge in [0, 0.05) is 38.2 Å². The SMILES string of the molecule is c1ccc(-c2nc3ccccc3nc2-n2c3ccccc3c3c4c5ccccc5c5c(-c6ccccc6)nc(-c6ccccc6)n5c4ccc32)cc1. The summed E-state index contributed by atoms with van der Waals surface area (Å²) in [6.45, 7) is 0. The van der Waals surface area contributed by atoms with Gasteiger partial charge in [-0.3, -0.25) is 8.97 Å². The summed E-state index contributed by atoms with van der Waals surface area (Å²) in [5.41, 5.74) is 11.1. The van der Waals surface area contributed by atoms with E-state index in [0.717, 1.165) is 83.6 Å². The standard InChI is InChI=1S/C47H29N5/c1-4-16-30(17-5-1)43-45-34-23-11-10-22-33(34)41-40(52(45)46(50-43)32-20-8-3-9-21-32)29-28-39-42(41)35-24-12-15-27-38(35)51(39)47-44(31-18-6-2-7-19-31)48-36-25-13-14-26-37(36)49-47/h1-29H. The van der Waals surface area contributed by atoms with Gasteiger partial charge in [-0.1, -0.05) is 146 Å². The van der Waals surface area contributed by atoms with Crippen LogP contribution in [-0.2, 0) is 0 Å². The molecule has 52 heavy (non-hydrogen) atoms. The fourth-order valence-electron chi connectivity index (χ4n) is 8.06. The number of benzene rings is 7. The predicted molar refractivity (Wildman–Crippen MR) is 214 cm³/mol. The Hall–Kier alpha value is -7.11. The van der Waals surface area contributed by atoms with Gasteiger partial charge < -0.3 is 0 Å². The summed E-state index contributed by atoms with van der Waals surface area (Å²) in [7, 11) is 0. The first kappa shape index (κ1) is 28.7. The molecule has 0 aliphatic heterocycles. The average molecular weight is 664 g/mol. The second-order valence-electron chi connectivity index (χ2n) is 13.2. The van der Waals surface area contributed by atoms with Crippen LogP contribution in [0.25, 0.3) is 99.8 Å². The molecule has 5 nitrogen and oxygen atoms in total. The van der Waals surface area contributed by atoms with Gasteiger partial charge in [0.1, 0.15) is 11.5 Å². The lowest BCUT2D eigenvalue weighted by Crippen LogP contribution is -2.03. The molecule has 7 aromatic carbocycles. The van der Waals surface area contributed by atoms with E-state index in [2.05, 4.69) is 155 Å². The predicted octanol–water partition coefficient (Wildman–Crippen LogP) is 11.7. The van der Waals surface area contributed by atoms with Crippen molar-refractivity contribution in [3.05, 3.63) is 176 Å². The van der Waals surface area contributed by atoms with Gasteiger partial charge >= 0.3 is 0 Å². The van der Waals surface area contributed by atoms with Crippen LogP contribution >= 0.6 is 0 Å². The lowest BCUT2D eigenvalue weighted by Gasteiger charge is -2.15. The first-order valence-electron chi connectivity index (χ1n) is 17.6. The molecule has 0 fully saturated rings. The van der Waals surface area contributed by atoms with Crippen molar-refractivity contribution in [3.63, 3.8) is 0 Å². The Labute approximate surface area is 298 Å². The van der Waals surface area contributed by atoms with Crippen molar-refractivity contribution >= 4 is 60.0 Å². The van der Waals surface area contributed by atoms with Crippen molar-refractivity contribution in [1.82, 2.24) is 23.9 Å². The van der Waals surface area contributed by atoms with E-state index >= 15 is 0 Å². The molecule has 0 saturated carbocycles. The number of rotatable bonds is 4. The van der Waals surface area contributed by atoms with E-state index in [1.165, 1.54) is 16.2 Å². The minimum atomic E-state index is 0.805. The number of imidazole rings is 1. The van der Waals surface area contributed by atoms with Crippen LogP contribution in [0.15, 0.2) is 176 Å². The number of aromatic nitrogens is 5. The first-order chi connectivity index (χ1) is 25.8. The quantitative estimate of drug-likeness (QED) is 0.176. The Kier molecular flexibility index (Phi) is 6.18.